The number of Topliss-reactive ketones (excluding diaryl/α,β-unsaturated/α-hetero) is 1. The SMILES string of the molecule is CC1(C)CCc2c(ccc(CO)c2OCC(=O)c2ccc(OCc3ccccc3)cc2OCc2ccccc2)O1. The van der Waals surface area contributed by atoms with Crippen molar-refractivity contribution in [2.24, 2.45) is 0 Å². The lowest BCUT2D eigenvalue weighted by atomic mass is 9.92. The molecule has 0 atom stereocenters. The average molecular weight is 539 g/mol. The Morgan fingerprint density at radius 1 is 0.850 bits per heavy atom. The second-order valence-electron chi connectivity index (χ2n) is 10.5. The van der Waals surface area contributed by atoms with Crippen LogP contribution in [0.3, 0.4) is 0 Å². The van der Waals surface area contributed by atoms with Crippen LogP contribution in [0.15, 0.2) is 91.0 Å². The third kappa shape index (κ3) is 6.64. The topological polar surface area (TPSA) is 74.2 Å². The lowest BCUT2D eigenvalue weighted by molar-refractivity contribution is 0.0812. The van der Waals surface area contributed by atoms with Crippen molar-refractivity contribution in [1.29, 1.82) is 0 Å². The normalized spacial score (nSPS) is 13.6. The summed E-state index contributed by atoms with van der Waals surface area (Å²) in [5.41, 5.74) is 3.65. The maximum Gasteiger partial charge on any atom is 0.203 e. The zero-order valence-electron chi connectivity index (χ0n) is 22.9. The molecular formula is C34H34O6. The van der Waals surface area contributed by atoms with Gasteiger partial charge in [0.1, 0.15) is 41.8 Å². The molecule has 1 N–H and O–H groups in total. The van der Waals surface area contributed by atoms with E-state index in [1.807, 2.05) is 80.6 Å². The van der Waals surface area contributed by atoms with Crippen molar-refractivity contribution in [3.05, 3.63) is 119 Å². The monoisotopic (exact) mass is 538 g/mol. The summed E-state index contributed by atoms with van der Waals surface area (Å²) in [6.45, 7) is 4.39. The van der Waals surface area contributed by atoms with Crippen LogP contribution >= 0.6 is 0 Å². The van der Waals surface area contributed by atoms with Crippen molar-refractivity contribution in [2.75, 3.05) is 6.61 Å². The zero-order chi connectivity index (χ0) is 28.0. The molecule has 0 unspecified atom stereocenters. The van der Waals surface area contributed by atoms with Gasteiger partial charge in [-0.05, 0) is 62.1 Å². The molecule has 0 fully saturated rings. The summed E-state index contributed by atoms with van der Waals surface area (Å²) in [6.07, 6.45) is 1.54. The fourth-order valence-electron chi connectivity index (χ4n) is 4.70. The van der Waals surface area contributed by atoms with Gasteiger partial charge < -0.3 is 24.1 Å². The van der Waals surface area contributed by atoms with Gasteiger partial charge in [-0.25, -0.2) is 0 Å². The Hall–Kier alpha value is -4.29. The number of benzene rings is 4. The zero-order valence-corrected chi connectivity index (χ0v) is 22.9. The maximum atomic E-state index is 13.5. The van der Waals surface area contributed by atoms with Crippen LogP contribution < -0.4 is 18.9 Å². The van der Waals surface area contributed by atoms with E-state index in [0.717, 1.165) is 35.3 Å². The number of aliphatic hydroxyl groups excluding tert-OH is 1. The lowest BCUT2D eigenvalue weighted by Crippen LogP contribution is -2.33. The van der Waals surface area contributed by atoms with E-state index in [9.17, 15) is 9.90 Å². The summed E-state index contributed by atoms with van der Waals surface area (Å²) in [5, 5.41) is 9.95. The highest BCUT2D eigenvalue weighted by Gasteiger charge is 2.30. The first-order chi connectivity index (χ1) is 19.4. The van der Waals surface area contributed by atoms with Crippen LogP contribution in [-0.4, -0.2) is 23.1 Å². The molecule has 4 aromatic carbocycles. The second-order valence-corrected chi connectivity index (χ2v) is 10.5. The molecule has 5 rings (SSSR count). The van der Waals surface area contributed by atoms with E-state index < -0.39 is 0 Å². The van der Waals surface area contributed by atoms with Crippen molar-refractivity contribution >= 4 is 5.78 Å². The van der Waals surface area contributed by atoms with E-state index in [-0.39, 0.29) is 24.6 Å². The molecule has 0 amide bonds. The third-order valence-electron chi connectivity index (χ3n) is 6.92. The van der Waals surface area contributed by atoms with Gasteiger partial charge in [-0.1, -0.05) is 60.7 Å². The predicted octanol–water partition coefficient (Wildman–Crippen LogP) is 6.70. The van der Waals surface area contributed by atoms with Gasteiger partial charge in [0.2, 0.25) is 5.78 Å². The maximum absolute atomic E-state index is 13.5. The number of rotatable bonds is 11. The minimum atomic E-state index is -0.282. The van der Waals surface area contributed by atoms with Crippen molar-refractivity contribution < 1.29 is 28.8 Å². The largest absolute Gasteiger partial charge is 0.489 e. The summed E-state index contributed by atoms with van der Waals surface area (Å²) >= 11 is 0. The van der Waals surface area contributed by atoms with Crippen LogP contribution in [0.4, 0.5) is 0 Å². The second kappa shape index (κ2) is 12.3. The van der Waals surface area contributed by atoms with Crippen LogP contribution in [0.25, 0.3) is 0 Å². The summed E-state index contributed by atoms with van der Waals surface area (Å²) < 4.78 is 24.3. The molecule has 0 saturated carbocycles. The summed E-state index contributed by atoms with van der Waals surface area (Å²) in [4.78, 5) is 13.5. The number of hydrogen-bond donors (Lipinski definition) is 1. The fraction of sp³-hybridized carbons (Fsp3) is 0.265. The molecule has 1 aliphatic heterocycles. The van der Waals surface area contributed by atoms with E-state index in [1.54, 1.807) is 24.3 Å². The number of fused-ring (bicyclic) bond motifs is 1. The van der Waals surface area contributed by atoms with E-state index in [1.165, 1.54) is 0 Å². The number of aliphatic hydroxyl groups is 1. The number of ether oxygens (including phenoxy) is 4. The van der Waals surface area contributed by atoms with Gasteiger partial charge in [-0.3, -0.25) is 4.79 Å². The Balaban J connectivity index is 1.36. The predicted molar refractivity (Wildman–Crippen MR) is 153 cm³/mol. The first-order valence-electron chi connectivity index (χ1n) is 13.5. The van der Waals surface area contributed by atoms with Crippen LogP contribution in [0.1, 0.15) is 52.9 Å². The third-order valence-corrected chi connectivity index (χ3v) is 6.92. The van der Waals surface area contributed by atoms with Gasteiger partial charge in [0.25, 0.3) is 0 Å². The smallest absolute Gasteiger partial charge is 0.203 e. The lowest BCUT2D eigenvalue weighted by Gasteiger charge is -2.33. The molecule has 4 aromatic rings. The van der Waals surface area contributed by atoms with Crippen LogP contribution in [0.2, 0.25) is 0 Å². The van der Waals surface area contributed by atoms with Crippen LogP contribution in [0, 0.1) is 0 Å². The number of carbonyl (C=O) groups is 1. The first-order valence-corrected chi connectivity index (χ1v) is 13.5. The van der Waals surface area contributed by atoms with Gasteiger partial charge in [0.05, 0.1) is 12.2 Å². The Labute approximate surface area is 235 Å². The highest BCUT2D eigenvalue weighted by Crippen LogP contribution is 2.40. The summed E-state index contributed by atoms with van der Waals surface area (Å²) in [6, 6.07) is 28.5. The van der Waals surface area contributed by atoms with E-state index in [0.29, 0.717) is 41.6 Å². The van der Waals surface area contributed by atoms with Crippen molar-refractivity contribution in [3.8, 4) is 23.0 Å². The molecule has 0 aliphatic carbocycles. The van der Waals surface area contributed by atoms with Gasteiger partial charge in [-0.2, -0.15) is 0 Å². The number of ketones is 1. The molecule has 1 aliphatic rings. The Kier molecular flexibility index (Phi) is 8.37. The molecule has 0 saturated heterocycles. The quantitative estimate of drug-likeness (QED) is 0.214. The Morgan fingerprint density at radius 2 is 1.52 bits per heavy atom. The van der Waals surface area contributed by atoms with E-state index in [4.69, 9.17) is 18.9 Å². The highest BCUT2D eigenvalue weighted by atomic mass is 16.5. The fourth-order valence-corrected chi connectivity index (χ4v) is 4.70. The van der Waals surface area contributed by atoms with Gasteiger partial charge in [0, 0.05) is 17.2 Å². The van der Waals surface area contributed by atoms with Crippen LogP contribution in [0.5, 0.6) is 23.0 Å². The van der Waals surface area contributed by atoms with Gasteiger partial charge in [-0.15, -0.1) is 0 Å². The molecule has 6 heteroatoms. The van der Waals surface area contributed by atoms with Crippen LogP contribution in [-0.2, 0) is 26.2 Å². The Bertz CT molecular complexity index is 1450. The highest BCUT2D eigenvalue weighted by molar-refractivity contribution is 6.00. The summed E-state index contributed by atoms with van der Waals surface area (Å²) in [7, 11) is 0. The molecule has 6 nitrogen and oxygen atoms in total. The Morgan fingerprint density at radius 3 is 2.20 bits per heavy atom. The molecule has 0 radical (unpaired) electrons. The molecule has 0 bridgehead atoms. The summed E-state index contributed by atoms with van der Waals surface area (Å²) in [5.74, 6) is 2.02. The number of carbonyl (C=O) groups excluding carboxylic acids is 1. The molecule has 1 heterocycles. The molecule has 0 aromatic heterocycles. The minimum Gasteiger partial charge on any atom is -0.489 e. The molecule has 0 spiro atoms. The standard InChI is InChI=1S/C34H34O6/c1-34(2)18-17-29-31(40-34)16-13-26(20-35)33(29)39-23-30(36)28-15-14-27(37-21-24-9-5-3-6-10-24)19-32(28)38-22-25-11-7-4-8-12-25/h3-16,19,35H,17-18,20-23H2,1-2H3. The van der Waals surface area contributed by atoms with E-state index in [2.05, 4.69) is 0 Å². The van der Waals surface area contributed by atoms with E-state index >= 15 is 0 Å². The van der Waals surface area contributed by atoms with Crippen molar-refractivity contribution in [1.82, 2.24) is 0 Å². The van der Waals surface area contributed by atoms with Crippen molar-refractivity contribution in [3.63, 3.8) is 0 Å². The minimum absolute atomic E-state index is 0.195. The molecule has 206 valence electrons. The number of hydrogen-bond acceptors (Lipinski definition) is 6. The first kappa shape index (κ1) is 27.3. The molecular weight excluding hydrogens is 504 g/mol. The molecule has 40 heavy (non-hydrogen) atoms. The average Bonchev–Trinajstić information content (AvgIpc) is 2.98. The van der Waals surface area contributed by atoms with Gasteiger partial charge in [0.15, 0.2) is 6.61 Å². The van der Waals surface area contributed by atoms with Gasteiger partial charge >= 0.3 is 0 Å². The van der Waals surface area contributed by atoms with Crippen molar-refractivity contribution in [2.45, 2.75) is 52.1 Å².